The van der Waals surface area contributed by atoms with E-state index in [2.05, 4.69) is 23.4 Å². The van der Waals surface area contributed by atoms with E-state index in [0.717, 1.165) is 23.6 Å². The van der Waals surface area contributed by atoms with Crippen LogP contribution in [-0.4, -0.2) is 35.0 Å². The molecule has 1 aliphatic rings. The number of rotatable bonds is 2. The van der Waals surface area contributed by atoms with Crippen molar-refractivity contribution in [3.63, 3.8) is 0 Å². The van der Waals surface area contributed by atoms with E-state index in [0.29, 0.717) is 11.6 Å². The van der Waals surface area contributed by atoms with Gasteiger partial charge < -0.3 is 0 Å². The predicted molar refractivity (Wildman–Crippen MR) is 85.0 cm³/mol. The first-order valence-corrected chi connectivity index (χ1v) is 8.55. The van der Waals surface area contributed by atoms with Crippen LogP contribution < -0.4 is 0 Å². The van der Waals surface area contributed by atoms with E-state index in [4.69, 9.17) is 10.2 Å². The zero-order valence-electron chi connectivity index (χ0n) is 11.2. The van der Waals surface area contributed by atoms with Crippen molar-refractivity contribution >= 4 is 23.1 Å². The molecular weight excluding hydrogens is 286 g/mol. The SMILES string of the molecule is CN1CCSCC1c1nc(-c2ccc(C#N)cc2)cs1. The second-order valence-corrected chi connectivity index (χ2v) is 6.87. The zero-order valence-corrected chi connectivity index (χ0v) is 12.9. The Balaban J connectivity index is 1.84. The molecule has 5 heteroatoms. The van der Waals surface area contributed by atoms with Gasteiger partial charge in [0.05, 0.1) is 23.4 Å². The number of benzene rings is 1. The van der Waals surface area contributed by atoms with E-state index >= 15 is 0 Å². The number of hydrogen-bond acceptors (Lipinski definition) is 5. The quantitative estimate of drug-likeness (QED) is 0.852. The Morgan fingerprint density at radius 2 is 2.15 bits per heavy atom. The Morgan fingerprint density at radius 3 is 2.85 bits per heavy atom. The van der Waals surface area contributed by atoms with Gasteiger partial charge in [-0.2, -0.15) is 17.0 Å². The van der Waals surface area contributed by atoms with Crippen LogP contribution in [0.2, 0.25) is 0 Å². The molecule has 2 aromatic rings. The van der Waals surface area contributed by atoms with Crippen LogP contribution in [0.4, 0.5) is 0 Å². The predicted octanol–water partition coefficient (Wildman–Crippen LogP) is 3.40. The van der Waals surface area contributed by atoms with Crippen molar-refractivity contribution in [1.82, 2.24) is 9.88 Å². The lowest BCUT2D eigenvalue weighted by molar-refractivity contribution is 0.274. The molecule has 0 radical (unpaired) electrons. The largest absolute Gasteiger partial charge is 0.296 e. The second kappa shape index (κ2) is 5.96. The highest BCUT2D eigenvalue weighted by molar-refractivity contribution is 7.99. The van der Waals surface area contributed by atoms with Crippen molar-refractivity contribution in [2.45, 2.75) is 6.04 Å². The van der Waals surface area contributed by atoms with Gasteiger partial charge in [-0.15, -0.1) is 11.3 Å². The Kier molecular flexibility index (Phi) is 4.06. The maximum Gasteiger partial charge on any atom is 0.111 e. The summed E-state index contributed by atoms with van der Waals surface area (Å²) in [6.07, 6.45) is 0. The minimum atomic E-state index is 0.436. The fourth-order valence-electron chi connectivity index (χ4n) is 2.24. The third-order valence-corrected chi connectivity index (χ3v) is 5.48. The minimum Gasteiger partial charge on any atom is -0.296 e. The Morgan fingerprint density at radius 1 is 1.35 bits per heavy atom. The summed E-state index contributed by atoms with van der Waals surface area (Å²) in [6.45, 7) is 1.13. The normalized spacial score (nSPS) is 19.7. The average molecular weight is 301 g/mol. The van der Waals surface area contributed by atoms with E-state index in [9.17, 15) is 0 Å². The molecule has 20 heavy (non-hydrogen) atoms. The highest BCUT2D eigenvalue weighted by Crippen LogP contribution is 2.32. The molecule has 102 valence electrons. The van der Waals surface area contributed by atoms with E-state index in [1.807, 2.05) is 36.0 Å². The standard InChI is InChI=1S/C15H15N3S2/c1-18-6-7-19-10-14(18)15-17-13(9-20-15)12-4-2-11(8-16)3-5-12/h2-5,9,14H,6-7,10H2,1H3. The molecule has 1 aromatic heterocycles. The molecule has 2 heterocycles. The van der Waals surface area contributed by atoms with Gasteiger partial charge in [0, 0.05) is 29.0 Å². The molecular formula is C15H15N3S2. The van der Waals surface area contributed by atoms with Gasteiger partial charge in [0.25, 0.3) is 0 Å². The van der Waals surface area contributed by atoms with E-state index in [-0.39, 0.29) is 0 Å². The number of nitrogens with zero attached hydrogens (tertiary/aromatic N) is 3. The summed E-state index contributed by atoms with van der Waals surface area (Å²) < 4.78 is 0. The highest BCUT2D eigenvalue weighted by atomic mass is 32.2. The molecule has 0 aliphatic carbocycles. The lowest BCUT2D eigenvalue weighted by Crippen LogP contribution is -2.32. The van der Waals surface area contributed by atoms with Crippen LogP contribution in [0.3, 0.4) is 0 Å². The van der Waals surface area contributed by atoms with Gasteiger partial charge in [-0.3, -0.25) is 4.90 Å². The van der Waals surface area contributed by atoms with Crippen molar-refractivity contribution in [2.24, 2.45) is 0 Å². The monoisotopic (exact) mass is 301 g/mol. The molecule has 3 nitrogen and oxygen atoms in total. The van der Waals surface area contributed by atoms with Crippen molar-refractivity contribution in [3.05, 3.63) is 40.2 Å². The van der Waals surface area contributed by atoms with Gasteiger partial charge in [0.15, 0.2) is 0 Å². The smallest absolute Gasteiger partial charge is 0.111 e. The summed E-state index contributed by atoms with van der Waals surface area (Å²) in [5.74, 6) is 2.33. The average Bonchev–Trinajstić information content (AvgIpc) is 2.97. The van der Waals surface area contributed by atoms with Crippen LogP contribution in [0.25, 0.3) is 11.3 Å². The van der Waals surface area contributed by atoms with Gasteiger partial charge in [0.1, 0.15) is 5.01 Å². The third kappa shape index (κ3) is 2.73. The van der Waals surface area contributed by atoms with Crippen molar-refractivity contribution in [2.75, 3.05) is 25.1 Å². The van der Waals surface area contributed by atoms with Crippen molar-refractivity contribution < 1.29 is 0 Å². The molecule has 0 amide bonds. The molecule has 0 saturated carbocycles. The molecule has 0 N–H and O–H groups in total. The summed E-state index contributed by atoms with van der Waals surface area (Å²) in [4.78, 5) is 7.18. The van der Waals surface area contributed by atoms with Crippen LogP contribution in [0, 0.1) is 11.3 Å². The topological polar surface area (TPSA) is 39.9 Å². The summed E-state index contributed by atoms with van der Waals surface area (Å²) in [5, 5.41) is 12.1. The maximum atomic E-state index is 8.83. The van der Waals surface area contributed by atoms with E-state index in [1.54, 1.807) is 11.3 Å². The van der Waals surface area contributed by atoms with Crippen molar-refractivity contribution in [1.29, 1.82) is 5.26 Å². The summed E-state index contributed by atoms with van der Waals surface area (Å²) in [6, 6.07) is 10.2. The maximum absolute atomic E-state index is 8.83. The van der Waals surface area contributed by atoms with E-state index in [1.165, 1.54) is 10.8 Å². The number of nitriles is 1. The van der Waals surface area contributed by atoms with Crippen LogP contribution in [-0.2, 0) is 0 Å². The van der Waals surface area contributed by atoms with Gasteiger partial charge in [0.2, 0.25) is 0 Å². The molecule has 1 fully saturated rings. The molecule has 3 rings (SSSR count). The Hall–Kier alpha value is -1.35. The number of thiazole rings is 1. The molecule has 0 spiro atoms. The van der Waals surface area contributed by atoms with Gasteiger partial charge in [-0.05, 0) is 19.2 Å². The van der Waals surface area contributed by atoms with Crippen LogP contribution in [0.15, 0.2) is 29.6 Å². The van der Waals surface area contributed by atoms with Crippen LogP contribution >= 0.6 is 23.1 Å². The lowest BCUT2D eigenvalue weighted by atomic mass is 10.1. The molecule has 1 atom stereocenters. The number of thioether (sulfide) groups is 1. The fourth-order valence-corrected chi connectivity index (χ4v) is 4.55. The minimum absolute atomic E-state index is 0.436. The highest BCUT2D eigenvalue weighted by Gasteiger charge is 2.23. The molecule has 0 bridgehead atoms. The van der Waals surface area contributed by atoms with Gasteiger partial charge in [-0.1, -0.05) is 12.1 Å². The fraction of sp³-hybridized carbons (Fsp3) is 0.333. The number of aromatic nitrogens is 1. The Labute approximate surface area is 127 Å². The van der Waals surface area contributed by atoms with Crippen molar-refractivity contribution in [3.8, 4) is 17.3 Å². The molecule has 1 aromatic carbocycles. The van der Waals surface area contributed by atoms with Crippen LogP contribution in [0.5, 0.6) is 0 Å². The third-order valence-electron chi connectivity index (χ3n) is 3.51. The summed E-state index contributed by atoms with van der Waals surface area (Å²) in [5.41, 5.74) is 2.78. The van der Waals surface area contributed by atoms with Gasteiger partial charge >= 0.3 is 0 Å². The molecule has 1 unspecified atom stereocenters. The lowest BCUT2D eigenvalue weighted by Gasteiger charge is -2.30. The first-order valence-electron chi connectivity index (χ1n) is 6.52. The van der Waals surface area contributed by atoms with Crippen LogP contribution in [0.1, 0.15) is 16.6 Å². The molecule has 1 saturated heterocycles. The summed E-state index contributed by atoms with van der Waals surface area (Å²) in [7, 11) is 2.17. The van der Waals surface area contributed by atoms with E-state index < -0.39 is 0 Å². The van der Waals surface area contributed by atoms with Gasteiger partial charge in [-0.25, -0.2) is 4.98 Å². The molecule has 1 aliphatic heterocycles. The first-order chi connectivity index (χ1) is 9.78. The number of hydrogen-bond donors (Lipinski definition) is 0. The second-order valence-electron chi connectivity index (χ2n) is 4.83. The first kappa shape index (κ1) is 13.6. The Bertz CT molecular complexity index is 627. The zero-order chi connectivity index (χ0) is 13.9. The summed E-state index contributed by atoms with van der Waals surface area (Å²) >= 11 is 3.73.